The number of hydrogen-bond donors (Lipinski definition) is 3. The van der Waals surface area contributed by atoms with Gasteiger partial charge in [0.05, 0.1) is 17.8 Å². The van der Waals surface area contributed by atoms with Crippen molar-refractivity contribution in [1.29, 1.82) is 0 Å². The monoisotopic (exact) mass is 348 g/mol. The lowest BCUT2D eigenvalue weighted by molar-refractivity contribution is 0.0955. The van der Waals surface area contributed by atoms with Gasteiger partial charge in [-0.2, -0.15) is 0 Å². The van der Waals surface area contributed by atoms with Crippen LogP contribution in [0, 0.1) is 6.92 Å². The molecule has 0 saturated heterocycles. The van der Waals surface area contributed by atoms with Crippen LogP contribution in [0.2, 0.25) is 5.02 Å². The highest BCUT2D eigenvalue weighted by molar-refractivity contribution is 6.30. The second kappa shape index (κ2) is 7.23. The molecule has 1 aliphatic carbocycles. The Kier molecular flexibility index (Phi) is 5.06. The predicted octanol–water partition coefficient (Wildman–Crippen LogP) is 3.26. The molecule has 24 heavy (non-hydrogen) atoms. The molecule has 2 amide bonds. The topological polar surface area (TPSA) is 79.2 Å². The first-order valence-corrected chi connectivity index (χ1v) is 8.48. The number of aromatic nitrogens is 2. The van der Waals surface area contributed by atoms with Crippen molar-refractivity contribution in [2.75, 3.05) is 5.32 Å². The molecule has 1 fully saturated rings. The number of halogens is 1. The molecule has 6 nitrogen and oxygen atoms in total. The van der Waals surface area contributed by atoms with Crippen molar-refractivity contribution in [3.8, 4) is 5.69 Å². The van der Waals surface area contributed by atoms with E-state index in [9.17, 15) is 9.90 Å². The van der Waals surface area contributed by atoms with Crippen LogP contribution in [0.1, 0.15) is 31.2 Å². The van der Waals surface area contributed by atoms with Crippen LogP contribution in [-0.4, -0.2) is 33.1 Å². The number of nitrogens with one attached hydrogen (secondary N) is 2. The predicted molar refractivity (Wildman–Crippen MR) is 93.7 cm³/mol. The third-order valence-corrected chi connectivity index (χ3v) is 4.52. The molecule has 1 aromatic carbocycles. The summed E-state index contributed by atoms with van der Waals surface area (Å²) in [4.78, 5) is 12.2. The highest BCUT2D eigenvalue weighted by Crippen LogP contribution is 2.20. The number of amides is 2. The molecule has 2 aromatic rings. The third-order valence-electron chi connectivity index (χ3n) is 4.27. The molecule has 1 heterocycles. The largest absolute Gasteiger partial charge is 0.391 e. The van der Waals surface area contributed by atoms with Crippen LogP contribution < -0.4 is 10.6 Å². The average molecular weight is 349 g/mol. The maximum absolute atomic E-state index is 12.2. The summed E-state index contributed by atoms with van der Waals surface area (Å²) in [6.07, 6.45) is 4.92. The lowest BCUT2D eigenvalue weighted by Crippen LogP contribution is -2.46. The summed E-state index contributed by atoms with van der Waals surface area (Å²) >= 11 is 5.89. The van der Waals surface area contributed by atoms with Gasteiger partial charge in [0, 0.05) is 16.8 Å². The summed E-state index contributed by atoms with van der Waals surface area (Å²) in [6, 6.07) is 6.76. The van der Waals surface area contributed by atoms with E-state index < -0.39 is 6.10 Å². The quantitative estimate of drug-likeness (QED) is 0.796. The number of aliphatic hydroxyl groups excluding tert-OH is 1. The number of nitrogens with zero attached hydrogens (tertiary/aromatic N) is 2. The Morgan fingerprint density at radius 3 is 2.71 bits per heavy atom. The number of urea groups is 1. The van der Waals surface area contributed by atoms with E-state index in [0.29, 0.717) is 10.8 Å². The summed E-state index contributed by atoms with van der Waals surface area (Å²) in [5.41, 5.74) is 1.71. The Bertz CT molecular complexity index is 714. The zero-order valence-electron chi connectivity index (χ0n) is 13.5. The molecule has 1 saturated carbocycles. The van der Waals surface area contributed by atoms with Crippen molar-refractivity contribution in [3.63, 3.8) is 0 Å². The zero-order chi connectivity index (χ0) is 17.1. The van der Waals surface area contributed by atoms with Crippen molar-refractivity contribution in [1.82, 2.24) is 15.1 Å². The number of anilines is 1. The van der Waals surface area contributed by atoms with Crippen molar-refractivity contribution in [2.45, 2.75) is 44.8 Å². The van der Waals surface area contributed by atoms with Crippen LogP contribution in [0.25, 0.3) is 5.69 Å². The van der Waals surface area contributed by atoms with Crippen LogP contribution in [0.5, 0.6) is 0 Å². The highest BCUT2D eigenvalue weighted by Gasteiger charge is 2.24. The third kappa shape index (κ3) is 3.88. The van der Waals surface area contributed by atoms with Crippen molar-refractivity contribution in [3.05, 3.63) is 41.0 Å². The van der Waals surface area contributed by atoms with Gasteiger partial charge in [-0.1, -0.05) is 24.4 Å². The number of benzene rings is 1. The molecule has 0 unspecified atom stereocenters. The maximum atomic E-state index is 12.2. The van der Waals surface area contributed by atoms with E-state index in [1.807, 2.05) is 25.3 Å². The molecule has 3 N–H and O–H groups in total. The molecule has 0 spiro atoms. The SMILES string of the molecule is Cc1cn(-c2ccc(Cl)cc2)nc1NC(=O)N[C@H]1CCCC[C@@H]1O. The number of carbonyl (C=O) groups is 1. The smallest absolute Gasteiger partial charge is 0.320 e. The van der Waals surface area contributed by atoms with Gasteiger partial charge in [0.25, 0.3) is 0 Å². The molecule has 0 aliphatic heterocycles. The van der Waals surface area contributed by atoms with Gasteiger partial charge >= 0.3 is 6.03 Å². The fourth-order valence-corrected chi connectivity index (χ4v) is 3.03. The number of aryl methyl sites for hydroxylation is 1. The molecule has 0 bridgehead atoms. The molecule has 7 heteroatoms. The van der Waals surface area contributed by atoms with Gasteiger partial charge < -0.3 is 10.4 Å². The number of aliphatic hydroxyl groups is 1. The van der Waals surface area contributed by atoms with E-state index in [1.54, 1.807) is 16.8 Å². The van der Waals surface area contributed by atoms with E-state index in [2.05, 4.69) is 15.7 Å². The van der Waals surface area contributed by atoms with Crippen molar-refractivity contribution < 1.29 is 9.90 Å². The molecule has 3 rings (SSSR count). The normalized spacial score (nSPS) is 20.6. The molecular weight excluding hydrogens is 328 g/mol. The Hall–Kier alpha value is -2.05. The van der Waals surface area contributed by atoms with Crippen LogP contribution >= 0.6 is 11.6 Å². The number of carbonyl (C=O) groups excluding carboxylic acids is 1. The molecular formula is C17H21ClN4O2. The van der Waals surface area contributed by atoms with E-state index in [4.69, 9.17) is 11.6 Å². The van der Waals surface area contributed by atoms with Crippen molar-refractivity contribution in [2.24, 2.45) is 0 Å². The molecule has 128 valence electrons. The van der Waals surface area contributed by atoms with E-state index in [0.717, 1.165) is 36.9 Å². The fourth-order valence-electron chi connectivity index (χ4n) is 2.90. The van der Waals surface area contributed by atoms with Crippen LogP contribution in [-0.2, 0) is 0 Å². The molecule has 1 aromatic heterocycles. The minimum Gasteiger partial charge on any atom is -0.391 e. The highest BCUT2D eigenvalue weighted by atomic mass is 35.5. The Morgan fingerprint density at radius 2 is 2.00 bits per heavy atom. The lowest BCUT2D eigenvalue weighted by atomic mass is 9.93. The standard InChI is InChI=1S/C17H21ClN4O2/c1-11-10-22(13-8-6-12(18)7-9-13)21-16(11)20-17(24)19-14-4-2-3-5-15(14)23/h6-10,14-15,23H,2-5H2,1H3,(H2,19,20,21,24)/t14-,15-/m0/s1. The number of hydrogen-bond acceptors (Lipinski definition) is 3. The van der Waals surface area contributed by atoms with E-state index in [-0.39, 0.29) is 12.1 Å². The minimum absolute atomic E-state index is 0.197. The van der Waals surface area contributed by atoms with Gasteiger partial charge in [-0.05, 0) is 44.0 Å². The van der Waals surface area contributed by atoms with Gasteiger partial charge in [0.1, 0.15) is 0 Å². The van der Waals surface area contributed by atoms with Crippen LogP contribution in [0.15, 0.2) is 30.5 Å². The van der Waals surface area contributed by atoms with Gasteiger partial charge in [-0.25, -0.2) is 9.48 Å². The minimum atomic E-state index is -0.475. The van der Waals surface area contributed by atoms with Gasteiger partial charge in [0.2, 0.25) is 0 Å². The van der Waals surface area contributed by atoms with E-state index >= 15 is 0 Å². The number of rotatable bonds is 3. The molecule has 2 atom stereocenters. The summed E-state index contributed by atoms with van der Waals surface area (Å²) in [6.45, 7) is 1.88. The van der Waals surface area contributed by atoms with Crippen LogP contribution in [0.3, 0.4) is 0 Å². The summed E-state index contributed by atoms with van der Waals surface area (Å²) in [5.74, 6) is 0.493. The van der Waals surface area contributed by atoms with Crippen molar-refractivity contribution >= 4 is 23.4 Å². The molecule has 1 aliphatic rings. The Balaban J connectivity index is 1.66. The summed E-state index contributed by atoms with van der Waals surface area (Å²) in [7, 11) is 0. The van der Waals surface area contributed by atoms with Gasteiger partial charge in [-0.15, -0.1) is 5.10 Å². The van der Waals surface area contributed by atoms with Gasteiger partial charge in [-0.3, -0.25) is 5.32 Å². The second-order valence-electron chi connectivity index (χ2n) is 6.14. The first-order chi connectivity index (χ1) is 11.5. The first-order valence-electron chi connectivity index (χ1n) is 8.11. The Labute approximate surface area is 145 Å². The Morgan fingerprint density at radius 1 is 1.29 bits per heavy atom. The zero-order valence-corrected chi connectivity index (χ0v) is 14.3. The van der Waals surface area contributed by atoms with Gasteiger partial charge in [0.15, 0.2) is 5.82 Å². The van der Waals surface area contributed by atoms with Crippen LogP contribution in [0.4, 0.5) is 10.6 Å². The maximum Gasteiger partial charge on any atom is 0.320 e. The first kappa shape index (κ1) is 16.8. The summed E-state index contributed by atoms with van der Waals surface area (Å²) in [5, 5.41) is 20.6. The summed E-state index contributed by atoms with van der Waals surface area (Å²) < 4.78 is 1.69. The lowest BCUT2D eigenvalue weighted by Gasteiger charge is -2.28. The second-order valence-corrected chi connectivity index (χ2v) is 6.57. The van der Waals surface area contributed by atoms with E-state index in [1.165, 1.54) is 0 Å². The average Bonchev–Trinajstić information content (AvgIpc) is 2.91. The molecule has 0 radical (unpaired) electrons. The fraction of sp³-hybridized carbons (Fsp3) is 0.412.